The Bertz CT molecular complexity index is 176. The van der Waals surface area contributed by atoms with Crippen LogP contribution in [0.3, 0.4) is 0 Å². The van der Waals surface area contributed by atoms with Crippen molar-refractivity contribution in [2.24, 2.45) is 5.92 Å². The van der Waals surface area contributed by atoms with Crippen LogP contribution in [0.25, 0.3) is 0 Å². The quantitative estimate of drug-likeness (QED) is 0.522. The molecule has 0 aliphatic carbocycles. The van der Waals surface area contributed by atoms with Crippen molar-refractivity contribution in [3.63, 3.8) is 0 Å². The van der Waals surface area contributed by atoms with Crippen molar-refractivity contribution in [3.8, 4) is 0 Å². The van der Waals surface area contributed by atoms with E-state index in [4.69, 9.17) is 0 Å². The third kappa shape index (κ3) is 1.62. The number of hydrogen-bond donors (Lipinski definition) is 0. The van der Waals surface area contributed by atoms with E-state index in [1.54, 1.807) is 0 Å². The van der Waals surface area contributed by atoms with E-state index in [9.17, 15) is 4.79 Å². The molecule has 1 rings (SSSR count). The predicted octanol–water partition coefficient (Wildman–Crippen LogP) is 1.43. The van der Waals surface area contributed by atoms with Crippen LogP contribution >= 0.6 is 0 Å². The van der Waals surface area contributed by atoms with Crippen molar-refractivity contribution >= 4 is 5.91 Å². The van der Waals surface area contributed by atoms with Crippen LogP contribution < -0.4 is 0 Å². The van der Waals surface area contributed by atoms with E-state index in [0.717, 1.165) is 13.0 Å². The van der Waals surface area contributed by atoms with Crippen LogP contribution in [0.5, 0.6) is 0 Å². The van der Waals surface area contributed by atoms with Gasteiger partial charge in [-0.1, -0.05) is 13.5 Å². The van der Waals surface area contributed by atoms with E-state index in [1.807, 2.05) is 4.90 Å². The van der Waals surface area contributed by atoms with Crippen LogP contribution in [0.4, 0.5) is 0 Å². The summed E-state index contributed by atoms with van der Waals surface area (Å²) in [5.74, 6) is 0.718. The van der Waals surface area contributed by atoms with E-state index >= 15 is 0 Å². The zero-order chi connectivity index (χ0) is 8.43. The number of likely N-dealkylation sites (tertiary alicyclic amines) is 1. The summed E-state index contributed by atoms with van der Waals surface area (Å²) in [6.45, 7) is 8.63. The molecule has 11 heavy (non-hydrogen) atoms. The molecule has 0 aromatic rings. The molecule has 0 radical (unpaired) electrons. The van der Waals surface area contributed by atoms with Gasteiger partial charge in [0.25, 0.3) is 0 Å². The Balaban J connectivity index is 2.59. The van der Waals surface area contributed by atoms with Crippen molar-refractivity contribution in [1.29, 1.82) is 0 Å². The lowest BCUT2D eigenvalue weighted by Crippen LogP contribution is -2.32. The highest BCUT2D eigenvalue weighted by Crippen LogP contribution is 2.22. The average Bonchev–Trinajstić information content (AvgIpc) is 2.28. The van der Waals surface area contributed by atoms with Crippen molar-refractivity contribution in [2.75, 3.05) is 6.54 Å². The van der Waals surface area contributed by atoms with Crippen LogP contribution in [-0.4, -0.2) is 23.4 Å². The molecule has 2 nitrogen and oxygen atoms in total. The molecule has 0 spiro atoms. The second-order valence-electron chi connectivity index (χ2n) is 3.38. The van der Waals surface area contributed by atoms with Gasteiger partial charge in [0.05, 0.1) is 0 Å². The highest BCUT2D eigenvalue weighted by Gasteiger charge is 2.27. The molecule has 1 amide bonds. The lowest BCUT2D eigenvalue weighted by molar-refractivity contribution is -0.126. The van der Waals surface area contributed by atoms with Crippen molar-refractivity contribution in [1.82, 2.24) is 4.90 Å². The Morgan fingerprint density at radius 2 is 2.27 bits per heavy atom. The topological polar surface area (TPSA) is 20.3 Å². The lowest BCUT2D eigenvalue weighted by Gasteiger charge is -2.18. The van der Waals surface area contributed by atoms with Gasteiger partial charge < -0.3 is 4.90 Å². The molecule has 62 valence electrons. The number of amides is 1. The molecule has 0 aromatic heterocycles. The van der Waals surface area contributed by atoms with E-state index < -0.39 is 0 Å². The van der Waals surface area contributed by atoms with Crippen LogP contribution in [0.15, 0.2) is 12.7 Å². The molecule has 1 aliphatic heterocycles. The fraction of sp³-hybridized carbons (Fsp3) is 0.667. The molecule has 0 saturated carbocycles. The monoisotopic (exact) mass is 153 g/mol. The fourth-order valence-electron chi connectivity index (χ4n) is 1.72. The Labute approximate surface area is 67.9 Å². The molecule has 1 fully saturated rings. The van der Waals surface area contributed by atoms with Crippen molar-refractivity contribution in [2.45, 2.75) is 26.3 Å². The zero-order valence-electron chi connectivity index (χ0n) is 7.21. The lowest BCUT2D eigenvalue weighted by atomic mass is 10.1. The highest BCUT2D eigenvalue weighted by atomic mass is 16.2. The van der Waals surface area contributed by atoms with Gasteiger partial charge in [-0.3, -0.25) is 4.79 Å². The molecule has 0 unspecified atom stereocenters. The maximum atomic E-state index is 11.2. The zero-order valence-corrected chi connectivity index (χ0v) is 7.21. The van der Waals surface area contributed by atoms with Gasteiger partial charge in [0, 0.05) is 12.6 Å². The Kier molecular flexibility index (Phi) is 2.32. The summed E-state index contributed by atoms with van der Waals surface area (Å²) in [6.07, 6.45) is 2.52. The second kappa shape index (κ2) is 3.07. The molecule has 0 bridgehead atoms. The number of rotatable bonds is 1. The number of carbonyl (C=O) groups is 1. The van der Waals surface area contributed by atoms with Gasteiger partial charge in [0.1, 0.15) is 0 Å². The van der Waals surface area contributed by atoms with E-state index in [0.29, 0.717) is 12.0 Å². The summed E-state index contributed by atoms with van der Waals surface area (Å²) in [4.78, 5) is 13.1. The molecule has 1 saturated heterocycles. The Morgan fingerprint density at radius 1 is 1.64 bits per heavy atom. The second-order valence-corrected chi connectivity index (χ2v) is 3.38. The SMILES string of the molecule is C=CC(=O)N1C[C@@H](C)C[C@@H]1C. The Morgan fingerprint density at radius 3 is 2.64 bits per heavy atom. The first-order chi connectivity index (χ1) is 5.15. The highest BCUT2D eigenvalue weighted by molar-refractivity contribution is 5.87. The van der Waals surface area contributed by atoms with E-state index in [2.05, 4.69) is 20.4 Å². The van der Waals surface area contributed by atoms with Gasteiger partial charge >= 0.3 is 0 Å². The van der Waals surface area contributed by atoms with Gasteiger partial charge in [0.15, 0.2) is 0 Å². The first-order valence-corrected chi connectivity index (χ1v) is 4.08. The molecule has 1 aliphatic rings. The first kappa shape index (κ1) is 8.31. The number of nitrogens with zero attached hydrogens (tertiary/aromatic N) is 1. The molecular formula is C9H15NO. The van der Waals surface area contributed by atoms with Crippen LogP contribution in [-0.2, 0) is 4.79 Å². The third-order valence-electron chi connectivity index (χ3n) is 2.24. The first-order valence-electron chi connectivity index (χ1n) is 4.08. The van der Waals surface area contributed by atoms with E-state index in [1.165, 1.54) is 6.08 Å². The van der Waals surface area contributed by atoms with E-state index in [-0.39, 0.29) is 5.91 Å². The summed E-state index contributed by atoms with van der Waals surface area (Å²) >= 11 is 0. The van der Waals surface area contributed by atoms with Crippen LogP contribution in [0.2, 0.25) is 0 Å². The van der Waals surface area contributed by atoms with Crippen molar-refractivity contribution < 1.29 is 4.79 Å². The molecule has 2 heteroatoms. The standard InChI is InChI=1S/C9H15NO/c1-4-9(11)10-6-7(2)5-8(10)3/h4,7-8H,1,5-6H2,2-3H3/t7-,8-/m0/s1. The number of carbonyl (C=O) groups excluding carboxylic acids is 1. The normalized spacial score (nSPS) is 30.5. The number of hydrogen-bond acceptors (Lipinski definition) is 1. The van der Waals surface area contributed by atoms with Gasteiger partial charge in [-0.25, -0.2) is 0 Å². The summed E-state index contributed by atoms with van der Waals surface area (Å²) in [5, 5.41) is 0. The minimum Gasteiger partial charge on any atom is -0.336 e. The average molecular weight is 153 g/mol. The molecule has 0 aromatic carbocycles. The molecular weight excluding hydrogens is 138 g/mol. The largest absolute Gasteiger partial charge is 0.336 e. The van der Waals surface area contributed by atoms with Gasteiger partial charge in [-0.2, -0.15) is 0 Å². The van der Waals surface area contributed by atoms with Gasteiger partial charge in [-0.15, -0.1) is 0 Å². The third-order valence-corrected chi connectivity index (χ3v) is 2.24. The smallest absolute Gasteiger partial charge is 0.246 e. The minimum absolute atomic E-state index is 0.0712. The predicted molar refractivity (Wildman–Crippen MR) is 45.2 cm³/mol. The van der Waals surface area contributed by atoms with Gasteiger partial charge in [0.2, 0.25) is 5.91 Å². The molecule has 1 heterocycles. The maximum Gasteiger partial charge on any atom is 0.246 e. The summed E-state index contributed by atoms with van der Waals surface area (Å²) in [5.41, 5.74) is 0. The van der Waals surface area contributed by atoms with Crippen molar-refractivity contribution in [3.05, 3.63) is 12.7 Å². The summed E-state index contributed by atoms with van der Waals surface area (Å²) in [6, 6.07) is 0.399. The van der Waals surface area contributed by atoms with Crippen LogP contribution in [0.1, 0.15) is 20.3 Å². The Hall–Kier alpha value is -0.790. The molecule has 2 atom stereocenters. The van der Waals surface area contributed by atoms with Gasteiger partial charge in [-0.05, 0) is 25.3 Å². The molecule has 0 N–H and O–H groups in total. The maximum absolute atomic E-state index is 11.2. The van der Waals surface area contributed by atoms with Crippen LogP contribution in [0, 0.1) is 5.92 Å². The summed E-state index contributed by atoms with van der Waals surface area (Å²) in [7, 11) is 0. The fourth-order valence-corrected chi connectivity index (χ4v) is 1.72. The minimum atomic E-state index is 0.0712. The summed E-state index contributed by atoms with van der Waals surface area (Å²) < 4.78 is 0.